The largest absolute Gasteiger partial charge is 0.497 e. The summed E-state index contributed by atoms with van der Waals surface area (Å²) in [6.07, 6.45) is 1.41. The van der Waals surface area contributed by atoms with Crippen LogP contribution in [0.4, 0.5) is 11.4 Å². The number of carbonyl (C=O) groups excluding carboxylic acids is 1. The fourth-order valence-electron chi connectivity index (χ4n) is 3.61. The molecule has 3 aromatic carbocycles. The average molecular weight is 457 g/mol. The summed E-state index contributed by atoms with van der Waals surface area (Å²) in [7, 11) is -2.18. The van der Waals surface area contributed by atoms with Crippen LogP contribution in [0.3, 0.4) is 0 Å². The Labute approximate surface area is 186 Å². The number of nitrogens with zero attached hydrogens (tertiary/aromatic N) is 1. The van der Waals surface area contributed by atoms with Gasteiger partial charge in [0.15, 0.2) is 0 Å². The maximum absolute atomic E-state index is 13.2. The van der Waals surface area contributed by atoms with Gasteiger partial charge in [0, 0.05) is 12.2 Å². The van der Waals surface area contributed by atoms with E-state index in [4.69, 9.17) is 16.3 Å². The van der Waals surface area contributed by atoms with Crippen molar-refractivity contribution in [3.05, 3.63) is 82.9 Å². The lowest BCUT2D eigenvalue weighted by Crippen LogP contribution is -2.35. The van der Waals surface area contributed by atoms with E-state index in [1.54, 1.807) is 60.7 Å². The van der Waals surface area contributed by atoms with Crippen molar-refractivity contribution in [3.63, 3.8) is 0 Å². The van der Waals surface area contributed by atoms with Crippen molar-refractivity contribution >= 4 is 38.9 Å². The summed E-state index contributed by atoms with van der Waals surface area (Å²) in [5.74, 6) is 0.279. The number of sulfonamides is 1. The highest BCUT2D eigenvalue weighted by atomic mass is 35.5. The van der Waals surface area contributed by atoms with Crippen LogP contribution in [-0.4, -0.2) is 28.0 Å². The van der Waals surface area contributed by atoms with Gasteiger partial charge < -0.3 is 10.1 Å². The monoisotopic (exact) mass is 456 g/mol. The number of halogens is 1. The molecule has 0 aromatic heterocycles. The molecule has 0 aliphatic carbocycles. The number of carbonyl (C=O) groups is 1. The fraction of sp³-hybridized carbons (Fsp3) is 0.174. The smallest absolute Gasteiger partial charge is 0.264 e. The first kappa shape index (κ1) is 21.2. The third-order valence-corrected chi connectivity index (χ3v) is 7.34. The maximum atomic E-state index is 13.2. The van der Waals surface area contributed by atoms with Crippen LogP contribution in [0.25, 0.3) is 0 Å². The summed E-state index contributed by atoms with van der Waals surface area (Å²) in [5.41, 5.74) is 2.45. The maximum Gasteiger partial charge on any atom is 0.264 e. The van der Waals surface area contributed by atoms with Crippen molar-refractivity contribution in [1.82, 2.24) is 0 Å². The Kier molecular flexibility index (Phi) is 5.89. The summed E-state index contributed by atoms with van der Waals surface area (Å²) < 4.78 is 33.0. The van der Waals surface area contributed by atoms with Crippen molar-refractivity contribution in [3.8, 4) is 5.75 Å². The van der Waals surface area contributed by atoms with Crippen LogP contribution in [0.2, 0.25) is 5.02 Å². The Hall–Kier alpha value is -3.03. The molecule has 0 bridgehead atoms. The molecule has 0 spiro atoms. The van der Waals surface area contributed by atoms with Gasteiger partial charge in [-0.25, -0.2) is 8.42 Å². The lowest BCUT2D eigenvalue weighted by atomic mass is 10.0. The Morgan fingerprint density at radius 1 is 1.06 bits per heavy atom. The molecule has 1 heterocycles. The van der Waals surface area contributed by atoms with Gasteiger partial charge in [0.2, 0.25) is 0 Å². The molecule has 1 aliphatic heterocycles. The molecule has 6 nitrogen and oxygen atoms in total. The third-order valence-electron chi connectivity index (χ3n) is 5.18. The zero-order valence-electron chi connectivity index (χ0n) is 16.8. The molecular weight excluding hydrogens is 436 g/mol. The number of methoxy groups -OCH3 is 1. The lowest BCUT2D eigenvalue weighted by molar-refractivity contribution is 0.102. The van der Waals surface area contributed by atoms with Gasteiger partial charge in [-0.15, -0.1) is 0 Å². The highest BCUT2D eigenvalue weighted by Crippen LogP contribution is 2.34. The van der Waals surface area contributed by atoms with E-state index in [0.717, 1.165) is 12.0 Å². The van der Waals surface area contributed by atoms with Crippen molar-refractivity contribution in [2.75, 3.05) is 23.3 Å². The quantitative estimate of drug-likeness (QED) is 0.601. The van der Waals surface area contributed by atoms with Gasteiger partial charge in [0.25, 0.3) is 15.9 Å². The van der Waals surface area contributed by atoms with Crippen molar-refractivity contribution < 1.29 is 17.9 Å². The van der Waals surface area contributed by atoms with Crippen LogP contribution in [0, 0.1) is 0 Å². The molecule has 1 N–H and O–H groups in total. The minimum atomic E-state index is -3.71. The van der Waals surface area contributed by atoms with Crippen LogP contribution < -0.4 is 14.4 Å². The number of aryl methyl sites for hydroxylation is 1. The van der Waals surface area contributed by atoms with Crippen LogP contribution in [0.15, 0.2) is 71.6 Å². The minimum Gasteiger partial charge on any atom is -0.497 e. The first-order valence-electron chi connectivity index (χ1n) is 9.76. The van der Waals surface area contributed by atoms with Crippen LogP contribution in [0.1, 0.15) is 22.3 Å². The Morgan fingerprint density at radius 3 is 2.52 bits per heavy atom. The summed E-state index contributed by atoms with van der Waals surface area (Å²) >= 11 is 6.11. The number of hydrogen-bond acceptors (Lipinski definition) is 4. The number of ether oxygens (including phenoxy) is 1. The van der Waals surface area contributed by atoms with E-state index in [1.807, 2.05) is 6.07 Å². The molecule has 4 rings (SSSR count). The standard InChI is InChI=1S/C23H21ClN2O4S/c1-30-18-9-11-19(12-10-18)31(28,29)26-14-4-5-16-15-17(8-13-22(16)26)25-23(27)20-6-2-3-7-21(20)24/h2-3,6-13,15H,4-5,14H2,1H3,(H,25,27). The number of hydrogen-bond donors (Lipinski definition) is 1. The number of benzene rings is 3. The SMILES string of the molecule is COc1ccc(S(=O)(=O)N2CCCc3cc(NC(=O)c4ccccc4Cl)ccc32)cc1. The van der Waals surface area contributed by atoms with Gasteiger partial charge in [-0.3, -0.25) is 9.10 Å². The normalized spacial score (nSPS) is 13.4. The lowest BCUT2D eigenvalue weighted by Gasteiger charge is -2.31. The first-order chi connectivity index (χ1) is 14.9. The first-order valence-corrected chi connectivity index (χ1v) is 11.6. The van der Waals surface area contributed by atoms with E-state index in [2.05, 4.69) is 5.32 Å². The molecule has 0 unspecified atom stereocenters. The van der Waals surface area contributed by atoms with Crippen molar-refractivity contribution in [2.24, 2.45) is 0 Å². The van der Waals surface area contributed by atoms with E-state index in [-0.39, 0.29) is 10.8 Å². The second-order valence-electron chi connectivity index (χ2n) is 7.13. The second kappa shape index (κ2) is 8.61. The van der Waals surface area contributed by atoms with Gasteiger partial charge in [-0.1, -0.05) is 23.7 Å². The van der Waals surface area contributed by atoms with Gasteiger partial charge in [0.1, 0.15) is 5.75 Å². The molecule has 1 aliphatic rings. The van der Waals surface area contributed by atoms with E-state index < -0.39 is 10.0 Å². The molecule has 1 amide bonds. The molecule has 0 fully saturated rings. The van der Waals surface area contributed by atoms with Gasteiger partial charge in [0.05, 0.1) is 28.3 Å². The number of rotatable bonds is 5. The molecule has 8 heteroatoms. The molecule has 0 saturated carbocycles. The summed E-state index contributed by atoms with van der Waals surface area (Å²) in [6.45, 7) is 0.396. The Morgan fingerprint density at radius 2 is 1.81 bits per heavy atom. The number of anilines is 2. The van der Waals surface area contributed by atoms with Gasteiger partial charge >= 0.3 is 0 Å². The Balaban J connectivity index is 1.61. The average Bonchev–Trinajstić information content (AvgIpc) is 2.78. The topological polar surface area (TPSA) is 75.7 Å². The number of nitrogens with one attached hydrogen (secondary N) is 1. The molecule has 160 valence electrons. The molecule has 0 saturated heterocycles. The predicted molar refractivity (Wildman–Crippen MR) is 122 cm³/mol. The molecule has 0 radical (unpaired) electrons. The molecule has 3 aromatic rings. The zero-order chi connectivity index (χ0) is 22.0. The summed E-state index contributed by atoms with van der Waals surface area (Å²) in [6, 6.07) is 18.4. The summed E-state index contributed by atoms with van der Waals surface area (Å²) in [5, 5.41) is 3.21. The number of fused-ring (bicyclic) bond motifs is 1. The number of amides is 1. The molecule has 31 heavy (non-hydrogen) atoms. The van der Waals surface area contributed by atoms with Crippen LogP contribution in [0.5, 0.6) is 5.75 Å². The second-order valence-corrected chi connectivity index (χ2v) is 9.40. The van der Waals surface area contributed by atoms with Crippen LogP contribution >= 0.6 is 11.6 Å². The summed E-state index contributed by atoms with van der Waals surface area (Å²) in [4.78, 5) is 12.8. The zero-order valence-corrected chi connectivity index (χ0v) is 18.4. The van der Waals surface area contributed by atoms with Gasteiger partial charge in [-0.05, 0) is 73.0 Å². The highest BCUT2D eigenvalue weighted by Gasteiger charge is 2.29. The van der Waals surface area contributed by atoms with E-state index >= 15 is 0 Å². The predicted octanol–water partition coefficient (Wildman–Crippen LogP) is 4.74. The van der Waals surface area contributed by atoms with E-state index in [9.17, 15) is 13.2 Å². The molecular formula is C23H21ClN2O4S. The fourth-order valence-corrected chi connectivity index (χ4v) is 5.37. The minimum absolute atomic E-state index is 0.206. The van der Waals surface area contributed by atoms with Crippen LogP contribution in [-0.2, 0) is 16.4 Å². The molecule has 0 atom stereocenters. The highest BCUT2D eigenvalue weighted by molar-refractivity contribution is 7.92. The van der Waals surface area contributed by atoms with Crippen molar-refractivity contribution in [1.29, 1.82) is 0 Å². The van der Waals surface area contributed by atoms with E-state index in [1.165, 1.54) is 11.4 Å². The van der Waals surface area contributed by atoms with E-state index in [0.29, 0.717) is 40.7 Å². The van der Waals surface area contributed by atoms with Crippen molar-refractivity contribution in [2.45, 2.75) is 17.7 Å². The Bertz CT molecular complexity index is 1230. The third kappa shape index (κ3) is 4.24. The van der Waals surface area contributed by atoms with Gasteiger partial charge in [-0.2, -0.15) is 0 Å².